The highest BCUT2D eigenvalue weighted by Crippen LogP contribution is 2.29. The molecule has 3 amide bonds. The zero-order valence-electron chi connectivity index (χ0n) is 15.3. The van der Waals surface area contributed by atoms with Crippen LogP contribution in [0.4, 0.5) is 29.3 Å². The first-order chi connectivity index (χ1) is 13.3. The third kappa shape index (κ3) is 6.10. The lowest BCUT2D eigenvalue weighted by Gasteiger charge is -2.27. The molecule has 29 heavy (non-hydrogen) atoms. The largest absolute Gasteiger partial charge is 0.416 e. The maximum atomic E-state index is 12.6. The van der Waals surface area contributed by atoms with Crippen molar-refractivity contribution in [2.75, 3.05) is 36.8 Å². The Morgan fingerprint density at radius 2 is 1.38 bits per heavy atom. The fraction of sp³-hybridized carbons (Fsp3) is 0.263. The number of rotatable bonds is 3. The van der Waals surface area contributed by atoms with Gasteiger partial charge in [0.2, 0.25) is 0 Å². The van der Waals surface area contributed by atoms with Crippen molar-refractivity contribution in [3.05, 3.63) is 59.7 Å². The van der Waals surface area contributed by atoms with E-state index < -0.39 is 17.6 Å². The summed E-state index contributed by atoms with van der Waals surface area (Å²) in [5.41, 5.74) is 0.346. The zero-order chi connectivity index (χ0) is 20.1. The fourth-order valence-corrected chi connectivity index (χ4v) is 2.72. The number of nitrogens with one attached hydrogen (secondary N) is 3. The number of anilines is 2. The van der Waals surface area contributed by atoms with Crippen molar-refractivity contribution in [1.29, 1.82) is 0 Å². The van der Waals surface area contributed by atoms with Crippen LogP contribution in [0.5, 0.6) is 0 Å². The molecule has 2 aromatic rings. The normalized spacial score (nSPS) is 14.0. The van der Waals surface area contributed by atoms with E-state index in [0.717, 1.165) is 25.2 Å². The van der Waals surface area contributed by atoms with E-state index in [1.165, 1.54) is 24.3 Å². The van der Waals surface area contributed by atoms with Gasteiger partial charge in [-0.2, -0.15) is 13.2 Å². The molecule has 0 bridgehead atoms. The monoisotopic (exact) mass is 428 g/mol. The van der Waals surface area contributed by atoms with Gasteiger partial charge in [-0.25, -0.2) is 4.79 Å². The molecule has 3 N–H and O–H groups in total. The fourth-order valence-electron chi connectivity index (χ4n) is 2.72. The zero-order valence-corrected chi connectivity index (χ0v) is 16.1. The Balaban J connectivity index is 0.00000300. The van der Waals surface area contributed by atoms with Crippen LogP contribution < -0.4 is 16.0 Å². The molecule has 1 aliphatic rings. The molecule has 0 aromatic heterocycles. The molecule has 6 nitrogen and oxygen atoms in total. The van der Waals surface area contributed by atoms with Gasteiger partial charge in [0.1, 0.15) is 0 Å². The van der Waals surface area contributed by atoms with Crippen molar-refractivity contribution < 1.29 is 22.8 Å². The van der Waals surface area contributed by atoms with E-state index in [0.29, 0.717) is 24.3 Å². The second-order valence-electron chi connectivity index (χ2n) is 6.27. The highest BCUT2D eigenvalue weighted by atomic mass is 35.5. The van der Waals surface area contributed by atoms with Crippen LogP contribution in [0.3, 0.4) is 0 Å². The minimum atomic E-state index is -4.42. The molecule has 2 aromatic carbocycles. The van der Waals surface area contributed by atoms with Crippen LogP contribution in [0.15, 0.2) is 48.5 Å². The number of amides is 3. The summed E-state index contributed by atoms with van der Waals surface area (Å²) in [5.74, 6) is -0.459. The van der Waals surface area contributed by atoms with Crippen LogP contribution in [0.2, 0.25) is 0 Å². The Hall–Kier alpha value is -2.78. The highest BCUT2D eigenvalue weighted by Gasteiger charge is 2.30. The van der Waals surface area contributed by atoms with Crippen LogP contribution in [0.25, 0.3) is 0 Å². The molecule has 0 spiro atoms. The quantitative estimate of drug-likeness (QED) is 0.696. The van der Waals surface area contributed by atoms with Gasteiger partial charge in [0.05, 0.1) is 5.56 Å². The number of carbonyl (C=O) groups is 2. The molecule has 3 rings (SSSR count). The predicted octanol–water partition coefficient (Wildman–Crippen LogP) is 3.82. The molecule has 0 radical (unpaired) electrons. The van der Waals surface area contributed by atoms with Crippen molar-refractivity contribution in [3.8, 4) is 0 Å². The Bertz CT molecular complexity index is 836. The van der Waals surface area contributed by atoms with Gasteiger partial charge in [-0.3, -0.25) is 4.79 Å². The van der Waals surface area contributed by atoms with Crippen molar-refractivity contribution in [1.82, 2.24) is 10.2 Å². The van der Waals surface area contributed by atoms with Gasteiger partial charge in [0, 0.05) is 43.1 Å². The first kappa shape index (κ1) is 22.5. The van der Waals surface area contributed by atoms with Gasteiger partial charge in [0.15, 0.2) is 0 Å². The standard InChI is InChI=1S/C19H19F3N4O2.ClH/c20-19(21,22)14-3-7-15(8-4-14)24-17(27)13-1-5-16(6-2-13)25-18(28)26-11-9-23-10-12-26;/h1-8,23H,9-12H2,(H,24,27)(H,25,28);1H. The Kier molecular flexibility index (Phi) is 7.46. The van der Waals surface area contributed by atoms with Gasteiger partial charge in [-0.1, -0.05) is 0 Å². The molecule has 1 aliphatic heterocycles. The summed E-state index contributed by atoms with van der Waals surface area (Å²) in [4.78, 5) is 26.1. The predicted molar refractivity (Wildman–Crippen MR) is 107 cm³/mol. The number of halogens is 4. The van der Waals surface area contributed by atoms with Gasteiger partial charge in [0.25, 0.3) is 5.91 Å². The number of alkyl halides is 3. The van der Waals surface area contributed by atoms with Gasteiger partial charge in [-0.15, -0.1) is 12.4 Å². The van der Waals surface area contributed by atoms with Crippen LogP contribution in [0, 0.1) is 0 Å². The third-order valence-corrected chi connectivity index (χ3v) is 4.27. The Morgan fingerprint density at radius 1 is 0.862 bits per heavy atom. The highest BCUT2D eigenvalue weighted by molar-refractivity contribution is 6.04. The van der Waals surface area contributed by atoms with Crippen LogP contribution in [-0.2, 0) is 6.18 Å². The summed E-state index contributed by atoms with van der Waals surface area (Å²) >= 11 is 0. The van der Waals surface area contributed by atoms with Crippen LogP contribution in [0.1, 0.15) is 15.9 Å². The maximum Gasteiger partial charge on any atom is 0.416 e. The lowest BCUT2D eigenvalue weighted by Crippen LogP contribution is -2.48. The summed E-state index contributed by atoms with van der Waals surface area (Å²) < 4.78 is 37.7. The van der Waals surface area contributed by atoms with Crippen LogP contribution in [-0.4, -0.2) is 43.0 Å². The number of carbonyl (C=O) groups excluding carboxylic acids is 2. The number of piperazine rings is 1. The van der Waals surface area contributed by atoms with Crippen molar-refractivity contribution in [2.24, 2.45) is 0 Å². The first-order valence-electron chi connectivity index (χ1n) is 8.68. The van der Waals surface area contributed by atoms with E-state index in [1.807, 2.05) is 0 Å². The molecule has 0 unspecified atom stereocenters. The summed E-state index contributed by atoms with van der Waals surface area (Å²) in [6.07, 6.45) is -4.42. The molecule has 0 aliphatic carbocycles. The smallest absolute Gasteiger partial charge is 0.322 e. The Morgan fingerprint density at radius 3 is 1.93 bits per heavy atom. The molecule has 156 valence electrons. The third-order valence-electron chi connectivity index (χ3n) is 4.27. The number of hydrogen-bond donors (Lipinski definition) is 3. The molecule has 10 heteroatoms. The molecule has 1 heterocycles. The second kappa shape index (κ2) is 9.62. The lowest BCUT2D eigenvalue weighted by atomic mass is 10.1. The number of benzene rings is 2. The SMILES string of the molecule is Cl.O=C(Nc1ccc(C(F)(F)F)cc1)c1ccc(NC(=O)N2CCNCC2)cc1. The van der Waals surface area contributed by atoms with Crippen molar-refractivity contribution in [2.45, 2.75) is 6.18 Å². The minimum Gasteiger partial charge on any atom is -0.322 e. The van der Waals surface area contributed by atoms with E-state index in [2.05, 4.69) is 16.0 Å². The molecular formula is C19H20ClF3N4O2. The lowest BCUT2D eigenvalue weighted by molar-refractivity contribution is -0.137. The topological polar surface area (TPSA) is 73.5 Å². The minimum absolute atomic E-state index is 0. The summed E-state index contributed by atoms with van der Waals surface area (Å²) in [6.45, 7) is 2.74. The van der Waals surface area contributed by atoms with E-state index >= 15 is 0 Å². The van der Waals surface area contributed by atoms with Gasteiger partial charge in [-0.05, 0) is 48.5 Å². The molecular weight excluding hydrogens is 409 g/mol. The first-order valence-corrected chi connectivity index (χ1v) is 8.68. The average molecular weight is 429 g/mol. The van der Waals surface area contributed by atoms with Gasteiger partial charge >= 0.3 is 12.2 Å². The average Bonchev–Trinajstić information content (AvgIpc) is 2.69. The molecule has 1 saturated heterocycles. The summed E-state index contributed by atoms with van der Waals surface area (Å²) in [5, 5.41) is 8.47. The molecule has 1 fully saturated rings. The maximum absolute atomic E-state index is 12.6. The molecule has 0 saturated carbocycles. The van der Waals surface area contributed by atoms with Crippen molar-refractivity contribution in [3.63, 3.8) is 0 Å². The second-order valence-corrected chi connectivity index (χ2v) is 6.27. The molecule has 0 atom stereocenters. The summed E-state index contributed by atoms with van der Waals surface area (Å²) in [6, 6.07) is 10.3. The number of nitrogens with zero attached hydrogens (tertiary/aromatic N) is 1. The number of urea groups is 1. The van der Waals surface area contributed by atoms with E-state index in [-0.39, 0.29) is 24.1 Å². The van der Waals surface area contributed by atoms with Crippen molar-refractivity contribution >= 4 is 35.7 Å². The van der Waals surface area contributed by atoms with Gasteiger partial charge < -0.3 is 20.9 Å². The Labute approximate surface area is 171 Å². The van der Waals surface area contributed by atoms with E-state index in [9.17, 15) is 22.8 Å². The number of hydrogen-bond acceptors (Lipinski definition) is 3. The van der Waals surface area contributed by atoms with E-state index in [4.69, 9.17) is 0 Å². The van der Waals surface area contributed by atoms with E-state index in [1.54, 1.807) is 17.0 Å². The van der Waals surface area contributed by atoms with Crippen LogP contribution >= 0.6 is 12.4 Å². The summed E-state index contributed by atoms with van der Waals surface area (Å²) in [7, 11) is 0.